The SMILES string of the molecule is Cc1cccc(CSc2nnc(-c3cccnc3)n2C)c1. The molecule has 0 spiro atoms. The first-order chi connectivity index (χ1) is 10.2. The van der Waals surface area contributed by atoms with Gasteiger partial charge >= 0.3 is 0 Å². The molecule has 106 valence electrons. The van der Waals surface area contributed by atoms with E-state index in [9.17, 15) is 0 Å². The van der Waals surface area contributed by atoms with Crippen molar-refractivity contribution in [2.75, 3.05) is 0 Å². The molecular formula is C16H16N4S. The Bertz CT molecular complexity index is 737. The lowest BCUT2D eigenvalue weighted by Gasteiger charge is -2.04. The van der Waals surface area contributed by atoms with E-state index in [0.29, 0.717) is 0 Å². The number of nitrogens with zero attached hydrogens (tertiary/aromatic N) is 4. The Morgan fingerprint density at radius 3 is 2.81 bits per heavy atom. The number of thioether (sulfide) groups is 1. The molecule has 0 bridgehead atoms. The van der Waals surface area contributed by atoms with E-state index >= 15 is 0 Å². The topological polar surface area (TPSA) is 43.6 Å². The summed E-state index contributed by atoms with van der Waals surface area (Å²) >= 11 is 1.69. The number of pyridine rings is 1. The maximum atomic E-state index is 4.28. The van der Waals surface area contributed by atoms with Gasteiger partial charge in [0, 0.05) is 30.8 Å². The van der Waals surface area contributed by atoms with E-state index in [1.54, 1.807) is 24.2 Å². The van der Waals surface area contributed by atoms with Crippen molar-refractivity contribution < 1.29 is 0 Å². The molecule has 3 aromatic rings. The first-order valence-electron chi connectivity index (χ1n) is 6.72. The smallest absolute Gasteiger partial charge is 0.191 e. The van der Waals surface area contributed by atoms with Gasteiger partial charge < -0.3 is 4.57 Å². The van der Waals surface area contributed by atoms with E-state index in [4.69, 9.17) is 0 Å². The van der Waals surface area contributed by atoms with Gasteiger partial charge in [-0.3, -0.25) is 4.98 Å². The van der Waals surface area contributed by atoms with Crippen LogP contribution in [0.15, 0.2) is 53.9 Å². The molecule has 0 saturated heterocycles. The third-order valence-electron chi connectivity index (χ3n) is 3.21. The van der Waals surface area contributed by atoms with E-state index in [2.05, 4.69) is 46.4 Å². The molecule has 0 saturated carbocycles. The predicted molar refractivity (Wildman–Crippen MR) is 85.0 cm³/mol. The Kier molecular flexibility index (Phi) is 4.01. The third-order valence-corrected chi connectivity index (χ3v) is 4.30. The highest BCUT2D eigenvalue weighted by molar-refractivity contribution is 7.98. The zero-order valence-corrected chi connectivity index (χ0v) is 12.8. The monoisotopic (exact) mass is 296 g/mol. The fraction of sp³-hybridized carbons (Fsp3) is 0.188. The minimum atomic E-state index is 0.842. The van der Waals surface area contributed by atoms with E-state index in [1.165, 1.54) is 11.1 Å². The zero-order chi connectivity index (χ0) is 14.7. The van der Waals surface area contributed by atoms with Crippen molar-refractivity contribution in [2.45, 2.75) is 17.8 Å². The molecule has 0 N–H and O–H groups in total. The molecule has 0 fully saturated rings. The fourth-order valence-corrected chi connectivity index (χ4v) is 2.99. The molecule has 0 radical (unpaired) electrons. The van der Waals surface area contributed by atoms with Crippen LogP contribution in [0.25, 0.3) is 11.4 Å². The fourth-order valence-electron chi connectivity index (χ4n) is 2.14. The number of hydrogen-bond acceptors (Lipinski definition) is 4. The van der Waals surface area contributed by atoms with Crippen molar-refractivity contribution in [3.05, 3.63) is 59.9 Å². The molecule has 21 heavy (non-hydrogen) atoms. The van der Waals surface area contributed by atoms with Crippen LogP contribution in [0, 0.1) is 6.92 Å². The van der Waals surface area contributed by atoms with Crippen LogP contribution in [0.3, 0.4) is 0 Å². The molecule has 3 rings (SSSR count). The standard InChI is InChI=1S/C16H16N4S/c1-12-5-3-6-13(9-12)11-21-16-19-18-15(20(16)2)14-7-4-8-17-10-14/h3-10H,11H2,1-2H3. The van der Waals surface area contributed by atoms with Crippen molar-refractivity contribution in [2.24, 2.45) is 7.05 Å². The molecule has 1 aromatic carbocycles. The minimum Gasteiger partial charge on any atom is -0.305 e. The van der Waals surface area contributed by atoms with Crippen LogP contribution in [-0.4, -0.2) is 19.7 Å². The van der Waals surface area contributed by atoms with Gasteiger partial charge in [0.1, 0.15) is 0 Å². The van der Waals surface area contributed by atoms with Crippen LogP contribution in [0.4, 0.5) is 0 Å². The summed E-state index contributed by atoms with van der Waals surface area (Å²) < 4.78 is 2.01. The third kappa shape index (κ3) is 3.13. The maximum Gasteiger partial charge on any atom is 0.191 e. The second kappa shape index (κ2) is 6.10. The molecule has 0 atom stereocenters. The first-order valence-corrected chi connectivity index (χ1v) is 7.71. The largest absolute Gasteiger partial charge is 0.305 e. The average molecular weight is 296 g/mol. The average Bonchev–Trinajstić information content (AvgIpc) is 2.87. The van der Waals surface area contributed by atoms with Crippen LogP contribution >= 0.6 is 11.8 Å². The molecule has 0 aliphatic carbocycles. The maximum absolute atomic E-state index is 4.28. The molecule has 0 aliphatic heterocycles. The highest BCUT2D eigenvalue weighted by atomic mass is 32.2. The van der Waals surface area contributed by atoms with Gasteiger partial charge in [0.05, 0.1) is 0 Å². The van der Waals surface area contributed by atoms with Crippen molar-refractivity contribution in [3.8, 4) is 11.4 Å². The number of hydrogen-bond donors (Lipinski definition) is 0. The van der Waals surface area contributed by atoms with Crippen LogP contribution in [0.1, 0.15) is 11.1 Å². The lowest BCUT2D eigenvalue weighted by molar-refractivity contribution is 0.793. The van der Waals surface area contributed by atoms with Gasteiger partial charge in [-0.05, 0) is 24.6 Å². The number of aryl methyl sites for hydroxylation is 1. The Hall–Kier alpha value is -2.14. The summed E-state index contributed by atoms with van der Waals surface area (Å²) in [5.41, 5.74) is 3.56. The second-order valence-electron chi connectivity index (χ2n) is 4.88. The van der Waals surface area contributed by atoms with Gasteiger partial charge in [-0.1, -0.05) is 41.6 Å². The molecule has 0 unspecified atom stereocenters. The lowest BCUT2D eigenvalue weighted by Crippen LogP contribution is -1.95. The summed E-state index contributed by atoms with van der Waals surface area (Å²) in [6.45, 7) is 2.11. The van der Waals surface area contributed by atoms with E-state index in [0.717, 1.165) is 22.3 Å². The number of rotatable bonds is 4. The van der Waals surface area contributed by atoms with Gasteiger partial charge in [-0.25, -0.2) is 0 Å². The van der Waals surface area contributed by atoms with E-state index in [-0.39, 0.29) is 0 Å². The Balaban J connectivity index is 1.77. The lowest BCUT2D eigenvalue weighted by atomic mass is 10.2. The van der Waals surface area contributed by atoms with Crippen LogP contribution in [0.5, 0.6) is 0 Å². The van der Waals surface area contributed by atoms with Gasteiger partial charge in [0.15, 0.2) is 11.0 Å². The molecule has 5 heteroatoms. The number of aromatic nitrogens is 4. The van der Waals surface area contributed by atoms with Crippen molar-refractivity contribution in [1.29, 1.82) is 0 Å². The number of benzene rings is 1. The van der Waals surface area contributed by atoms with Crippen molar-refractivity contribution in [1.82, 2.24) is 19.7 Å². The molecule has 0 aliphatic rings. The Labute approximate surface area is 128 Å². The summed E-state index contributed by atoms with van der Waals surface area (Å²) in [5, 5.41) is 9.46. The van der Waals surface area contributed by atoms with Crippen LogP contribution in [0.2, 0.25) is 0 Å². The molecule has 2 aromatic heterocycles. The van der Waals surface area contributed by atoms with Crippen molar-refractivity contribution in [3.63, 3.8) is 0 Å². The molecule has 0 amide bonds. The molecular weight excluding hydrogens is 280 g/mol. The molecule has 4 nitrogen and oxygen atoms in total. The Morgan fingerprint density at radius 2 is 2.05 bits per heavy atom. The predicted octanol–water partition coefficient (Wildman–Crippen LogP) is 3.48. The summed E-state index contributed by atoms with van der Waals surface area (Å²) in [6.07, 6.45) is 3.56. The minimum absolute atomic E-state index is 0.842. The first kappa shape index (κ1) is 13.8. The van der Waals surface area contributed by atoms with E-state index < -0.39 is 0 Å². The highest BCUT2D eigenvalue weighted by Crippen LogP contribution is 2.24. The summed E-state index contributed by atoms with van der Waals surface area (Å²) in [4.78, 5) is 4.13. The van der Waals surface area contributed by atoms with Crippen molar-refractivity contribution >= 4 is 11.8 Å². The zero-order valence-electron chi connectivity index (χ0n) is 12.0. The van der Waals surface area contributed by atoms with E-state index in [1.807, 2.05) is 23.7 Å². The summed E-state index contributed by atoms with van der Waals surface area (Å²) in [7, 11) is 1.99. The van der Waals surface area contributed by atoms with Gasteiger partial charge in [0.2, 0.25) is 0 Å². The van der Waals surface area contributed by atoms with Crippen LogP contribution < -0.4 is 0 Å². The highest BCUT2D eigenvalue weighted by Gasteiger charge is 2.11. The van der Waals surface area contributed by atoms with Gasteiger partial charge in [0.25, 0.3) is 0 Å². The summed E-state index contributed by atoms with van der Waals surface area (Å²) in [6, 6.07) is 12.4. The van der Waals surface area contributed by atoms with Gasteiger partial charge in [-0.2, -0.15) is 0 Å². The van der Waals surface area contributed by atoms with Crippen LogP contribution in [-0.2, 0) is 12.8 Å². The molecule has 2 heterocycles. The quantitative estimate of drug-likeness (QED) is 0.691. The summed E-state index contributed by atoms with van der Waals surface area (Å²) in [5.74, 6) is 1.73. The normalized spacial score (nSPS) is 10.8. The second-order valence-corrected chi connectivity index (χ2v) is 5.83. The van der Waals surface area contributed by atoms with Gasteiger partial charge in [-0.15, -0.1) is 10.2 Å². The Morgan fingerprint density at radius 1 is 1.14 bits per heavy atom.